The molecule has 1 aliphatic rings. The molecule has 0 saturated heterocycles. The molecule has 3 nitrogen and oxygen atoms in total. The molecule has 21 heavy (non-hydrogen) atoms. The van der Waals surface area contributed by atoms with Gasteiger partial charge in [-0.25, -0.2) is 9.97 Å². The molecule has 0 radical (unpaired) electrons. The molecule has 2 heterocycles. The van der Waals surface area contributed by atoms with Gasteiger partial charge in [-0.05, 0) is 31.9 Å². The van der Waals surface area contributed by atoms with Gasteiger partial charge in [-0.3, -0.25) is 4.90 Å². The fourth-order valence-electron chi connectivity index (χ4n) is 2.77. The number of benzene rings is 1. The van der Waals surface area contributed by atoms with Crippen molar-refractivity contribution < 1.29 is 0 Å². The number of aromatic nitrogens is 2. The van der Waals surface area contributed by atoms with E-state index in [0.717, 1.165) is 30.9 Å². The highest BCUT2D eigenvalue weighted by Crippen LogP contribution is 2.21. The van der Waals surface area contributed by atoms with Crippen molar-refractivity contribution in [1.82, 2.24) is 14.9 Å². The largest absolute Gasteiger partial charge is 0.297 e. The van der Waals surface area contributed by atoms with Crippen molar-refractivity contribution in [3.05, 3.63) is 47.3 Å². The Hall–Kier alpha value is -1.74. The maximum absolute atomic E-state index is 4.82. The molecule has 0 aliphatic carbocycles. The number of hydrogen-bond acceptors (Lipinski definition) is 3. The minimum Gasteiger partial charge on any atom is -0.297 e. The van der Waals surface area contributed by atoms with E-state index < -0.39 is 0 Å². The Balaban J connectivity index is 1.82. The summed E-state index contributed by atoms with van der Waals surface area (Å²) >= 11 is 0. The summed E-state index contributed by atoms with van der Waals surface area (Å²) in [4.78, 5) is 11.9. The molecule has 0 saturated carbocycles. The molecular weight excluding hydrogens is 258 g/mol. The Morgan fingerprint density at radius 2 is 2.00 bits per heavy atom. The van der Waals surface area contributed by atoms with Gasteiger partial charge in [-0.2, -0.15) is 0 Å². The van der Waals surface area contributed by atoms with Gasteiger partial charge in [0.25, 0.3) is 0 Å². The van der Waals surface area contributed by atoms with Crippen LogP contribution in [0.15, 0.2) is 30.5 Å². The number of fused-ring (bicyclic) bond motifs is 1. The van der Waals surface area contributed by atoms with Crippen molar-refractivity contribution in [3.8, 4) is 11.4 Å². The lowest BCUT2D eigenvalue weighted by molar-refractivity contribution is 0.246. The Bertz CT molecular complexity index is 604. The van der Waals surface area contributed by atoms with Crippen LogP contribution in [0.4, 0.5) is 0 Å². The summed E-state index contributed by atoms with van der Waals surface area (Å²) in [6.07, 6.45) is 5.62. The van der Waals surface area contributed by atoms with Gasteiger partial charge in [0.15, 0.2) is 5.82 Å². The van der Waals surface area contributed by atoms with Crippen LogP contribution in [0.1, 0.15) is 36.6 Å². The zero-order chi connectivity index (χ0) is 14.7. The van der Waals surface area contributed by atoms with E-state index in [4.69, 9.17) is 4.98 Å². The Kier molecular flexibility index (Phi) is 4.30. The van der Waals surface area contributed by atoms with Gasteiger partial charge in [0.1, 0.15) is 0 Å². The number of nitrogens with zero attached hydrogens (tertiary/aromatic N) is 3. The Morgan fingerprint density at radius 1 is 1.19 bits per heavy atom. The molecular formula is C18H23N3. The minimum absolute atomic E-state index is 0.853. The molecule has 1 aliphatic heterocycles. The number of aryl methyl sites for hydroxylation is 1. The predicted octanol–water partition coefficient (Wildman–Crippen LogP) is 3.61. The summed E-state index contributed by atoms with van der Waals surface area (Å²) < 4.78 is 0. The minimum atomic E-state index is 0.853. The third kappa shape index (κ3) is 3.30. The standard InChI is InChI=1S/C18H23N3/c1-3-4-10-21-11-9-16-12-19-18(20-17(16)13-21)15-7-5-14(2)6-8-15/h5-8,12H,3-4,9-11,13H2,1-2H3. The van der Waals surface area contributed by atoms with Gasteiger partial charge >= 0.3 is 0 Å². The molecule has 0 atom stereocenters. The highest BCUT2D eigenvalue weighted by molar-refractivity contribution is 5.55. The molecule has 3 rings (SSSR count). The van der Waals surface area contributed by atoms with Gasteiger partial charge in [0.05, 0.1) is 5.69 Å². The molecule has 110 valence electrons. The smallest absolute Gasteiger partial charge is 0.159 e. The quantitative estimate of drug-likeness (QED) is 0.857. The summed E-state index contributed by atoms with van der Waals surface area (Å²) in [5.74, 6) is 0.853. The van der Waals surface area contributed by atoms with Crippen LogP contribution >= 0.6 is 0 Å². The topological polar surface area (TPSA) is 29.0 Å². The summed E-state index contributed by atoms with van der Waals surface area (Å²) in [6, 6.07) is 8.45. The second kappa shape index (κ2) is 6.35. The second-order valence-corrected chi connectivity index (χ2v) is 5.91. The lowest BCUT2D eigenvalue weighted by Gasteiger charge is -2.27. The fraction of sp³-hybridized carbons (Fsp3) is 0.444. The van der Waals surface area contributed by atoms with Crippen molar-refractivity contribution >= 4 is 0 Å². The van der Waals surface area contributed by atoms with Crippen molar-refractivity contribution in [2.75, 3.05) is 13.1 Å². The first-order valence-corrected chi connectivity index (χ1v) is 7.90. The molecule has 0 N–H and O–H groups in total. The third-order valence-corrected chi connectivity index (χ3v) is 4.16. The Morgan fingerprint density at radius 3 is 2.76 bits per heavy atom. The van der Waals surface area contributed by atoms with E-state index in [1.165, 1.54) is 36.2 Å². The van der Waals surface area contributed by atoms with E-state index >= 15 is 0 Å². The maximum atomic E-state index is 4.82. The van der Waals surface area contributed by atoms with Crippen LogP contribution in [0.2, 0.25) is 0 Å². The monoisotopic (exact) mass is 281 g/mol. The van der Waals surface area contributed by atoms with Gasteiger partial charge in [0.2, 0.25) is 0 Å². The molecule has 0 unspecified atom stereocenters. The number of hydrogen-bond donors (Lipinski definition) is 0. The van der Waals surface area contributed by atoms with E-state index in [-0.39, 0.29) is 0 Å². The maximum Gasteiger partial charge on any atom is 0.159 e. The van der Waals surface area contributed by atoms with Crippen LogP contribution in [-0.2, 0) is 13.0 Å². The lowest BCUT2D eigenvalue weighted by Crippen LogP contribution is -2.32. The number of unbranched alkanes of at least 4 members (excludes halogenated alkanes) is 1. The second-order valence-electron chi connectivity index (χ2n) is 5.91. The van der Waals surface area contributed by atoms with Crippen molar-refractivity contribution in [2.45, 2.75) is 39.7 Å². The van der Waals surface area contributed by atoms with Gasteiger partial charge in [0, 0.05) is 24.8 Å². The molecule has 0 amide bonds. The average molecular weight is 281 g/mol. The first-order chi connectivity index (χ1) is 10.3. The van der Waals surface area contributed by atoms with Gasteiger partial charge in [-0.1, -0.05) is 43.2 Å². The summed E-state index contributed by atoms with van der Waals surface area (Å²) in [5.41, 5.74) is 4.90. The first-order valence-electron chi connectivity index (χ1n) is 7.90. The summed E-state index contributed by atoms with van der Waals surface area (Å²) in [5, 5.41) is 0. The van der Waals surface area contributed by atoms with Crippen molar-refractivity contribution in [3.63, 3.8) is 0 Å². The molecule has 0 bridgehead atoms. The molecule has 1 aromatic heterocycles. The molecule has 1 aromatic carbocycles. The average Bonchev–Trinajstić information content (AvgIpc) is 2.53. The van der Waals surface area contributed by atoms with E-state index in [9.17, 15) is 0 Å². The highest BCUT2D eigenvalue weighted by atomic mass is 15.1. The molecule has 3 heteroatoms. The normalized spacial score (nSPS) is 15.0. The van der Waals surface area contributed by atoms with E-state index in [1.807, 2.05) is 6.20 Å². The van der Waals surface area contributed by atoms with Crippen LogP contribution in [0.5, 0.6) is 0 Å². The zero-order valence-corrected chi connectivity index (χ0v) is 13.0. The lowest BCUT2D eigenvalue weighted by atomic mass is 10.1. The predicted molar refractivity (Wildman–Crippen MR) is 86.1 cm³/mol. The van der Waals surface area contributed by atoms with E-state index in [1.54, 1.807) is 0 Å². The Labute approximate surface area is 127 Å². The number of rotatable bonds is 4. The molecule has 0 fully saturated rings. The van der Waals surface area contributed by atoms with Crippen LogP contribution in [0.3, 0.4) is 0 Å². The highest BCUT2D eigenvalue weighted by Gasteiger charge is 2.18. The third-order valence-electron chi connectivity index (χ3n) is 4.16. The van der Waals surface area contributed by atoms with E-state index in [2.05, 4.69) is 48.0 Å². The molecule has 2 aromatic rings. The fourth-order valence-corrected chi connectivity index (χ4v) is 2.77. The van der Waals surface area contributed by atoms with Crippen molar-refractivity contribution in [2.24, 2.45) is 0 Å². The summed E-state index contributed by atoms with van der Waals surface area (Å²) in [7, 11) is 0. The van der Waals surface area contributed by atoms with Crippen LogP contribution in [0, 0.1) is 6.92 Å². The van der Waals surface area contributed by atoms with Crippen LogP contribution in [-0.4, -0.2) is 28.0 Å². The zero-order valence-electron chi connectivity index (χ0n) is 13.0. The first kappa shape index (κ1) is 14.2. The van der Waals surface area contributed by atoms with Crippen molar-refractivity contribution in [1.29, 1.82) is 0 Å². The van der Waals surface area contributed by atoms with Gasteiger partial charge in [-0.15, -0.1) is 0 Å². The summed E-state index contributed by atoms with van der Waals surface area (Å²) in [6.45, 7) is 7.63. The molecule has 0 spiro atoms. The SMILES string of the molecule is CCCCN1CCc2cnc(-c3ccc(C)cc3)nc2C1. The van der Waals surface area contributed by atoms with Crippen LogP contribution < -0.4 is 0 Å². The van der Waals surface area contributed by atoms with E-state index in [0.29, 0.717) is 0 Å². The van der Waals surface area contributed by atoms with Crippen LogP contribution in [0.25, 0.3) is 11.4 Å². The van der Waals surface area contributed by atoms with Gasteiger partial charge < -0.3 is 0 Å².